The molecule has 0 aliphatic carbocycles. The summed E-state index contributed by atoms with van der Waals surface area (Å²) in [5.41, 5.74) is 0.629. The Labute approximate surface area is 122 Å². The summed E-state index contributed by atoms with van der Waals surface area (Å²) in [7, 11) is 0. The maximum absolute atomic E-state index is 11.2. The zero-order valence-corrected chi connectivity index (χ0v) is 12.7. The average Bonchev–Trinajstić information content (AvgIpc) is 2.71. The molecule has 0 aromatic carbocycles. The smallest absolute Gasteiger partial charge is 0.340 e. The fourth-order valence-corrected chi connectivity index (χ4v) is 2.95. The lowest BCUT2D eigenvalue weighted by molar-refractivity contribution is 0.0690. The van der Waals surface area contributed by atoms with Gasteiger partial charge in [0.2, 0.25) is 0 Å². The van der Waals surface area contributed by atoms with Gasteiger partial charge in [0.15, 0.2) is 4.67 Å². The van der Waals surface area contributed by atoms with Crippen LogP contribution in [0.3, 0.4) is 0 Å². The Morgan fingerprint density at radius 1 is 1.42 bits per heavy atom. The van der Waals surface area contributed by atoms with Gasteiger partial charge in [0.05, 0.1) is 11.4 Å². The number of nitrogens with zero attached hydrogens (tertiary/aromatic N) is 2. The van der Waals surface area contributed by atoms with Gasteiger partial charge in [-0.25, -0.2) is 14.8 Å². The molecular weight excluding hydrogens is 332 g/mol. The molecule has 0 aliphatic heterocycles. The van der Waals surface area contributed by atoms with E-state index in [9.17, 15) is 9.90 Å². The van der Waals surface area contributed by atoms with Crippen LogP contribution in [0.2, 0.25) is 0 Å². The van der Waals surface area contributed by atoms with Crippen LogP contribution in [0, 0.1) is 13.8 Å². The number of carboxylic acids is 1. The first-order chi connectivity index (χ1) is 8.97. The highest BCUT2D eigenvalue weighted by Crippen LogP contribution is 2.27. The SMILES string of the molecule is Cc1nc(C)c(C(=O)O)c(SCc2ccc(Br)o2)n1. The van der Waals surface area contributed by atoms with Crippen LogP contribution < -0.4 is 0 Å². The quantitative estimate of drug-likeness (QED) is 0.677. The van der Waals surface area contributed by atoms with E-state index in [1.807, 2.05) is 6.07 Å². The van der Waals surface area contributed by atoms with Crippen molar-refractivity contribution in [1.82, 2.24) is 9.97 Å². The monoisotopic (exact) mass is 342 g/mol. The lowest BCUT2D eigenvalue weighted by atomic mass is 10.2. The van der Waals surface area contributed by atoms with Gasteiger partial charge in [-0.2, -0.15) is 0 Å². The van der Waals surface area contributed by atoms with Gasteiger partial charge in [0, 0.05) is 0 Å². The number of aryl methyl sites for hydroxylation is 2. The molecule has 5 nitrogen and oxygen atoms in total. The first-order valence-electron chi connectivity index (χ1n) is 5.43. The van der Waals surface area contributed by atoms with Gasteiger partial charge >= 0.3 is 5.97 Å². The van der Waals surface area contributed by atoms with Crippen LogP contribution in [0.4, 0.5) is 0 Å². The van der Waals surface area contributed by atoms with Gasteiger partial charge in [-0.1, -0.05) is 11.8 Å². The first-order valence-corrected chi connectivity index (χ1v) is 7.21. The molecular formula is C12H11BrN2O3S. The third kappa shape index (κ3) is 3.36. The van der Waals surface area contributed by atoms with Crippen molar-refractivity contribution in [3.63, 3.8) is 0 Å². The Balaban J connectivity index is 2.26. The summed E-state index contributed by atoms with van der Waals surface area (Å²) in [5.74, 6) is 0.815. The maximum atomic E-state index is 11.2. The molecule has 0 spiro atoms. The molecule has 2 rings (SSSR count). The van der Waals surface area contributed by atoms with Crippen LogP contribution in [0.15, 0.2) is 26.2 Å². The van der Waals surface area contributed by atoms with Crippen molar-refractivity contribution < 1.29 is 14.3 Å². The van der Waals surface area contributed by atoms with Crippen LogP contribution in [0.5, 0.6) is 0 Å². The highest BCUT2D eigenvalue weighted by molar-refractivity contribution is 9.10. The molecule has 0 fully saturated rings. The van der Waals surface area contributed by atoms with E-state index in [1.165, 1.54) is 11.8 Å². The highest BCUT2D eigenvalue weighted by Gasteiger charge is 2.17. The topological polar surface area (TPSA) is 76.2 Å². The van der Waals surface area contributed by atoms with Gasteiger partial charge in [0.25, 0.3) is 0 Å². The second-order valence-corrected chi connectivity index (χ2v) is 5.58. The lowest BCUT2D eigenvalue weighted by Gasteiger charge is -2.07. The molecule has 0 saturated carbocycles. The molecule has 0 aliphatic rings. The van der Waals surface area contributed by atoms with Crippen LogP contribution in [0.25, 0.3) is 0 Å². The van der Waals surface area contributed by atoms with Gasteiger partial charge < -0.3 is 9.52 Å². The predicted octanol–water partition coefficient (Wildman–Crippen LogP) is 3.44. The summed E-state index contributed by atoms with van der Waals surface area (Å²) in [4.78, 5) is 19.5. The molecule has 0 bridgehead atoms. The van der Waals surface area contributed by atoms with Gasteiger partial charge in [-0.05, 0) is 41.9 Å². The molecule has 7 heteroatoms. The molecule has 0 atom stereocenters. The summed E-state index contributed by atoms with van der Waals surface area (Å²) in [6, 6.07) is 3.63. The lowest BCUT2D eigenvalue weighted by Crippen LogP contribution is -2.08. The minimum absolute atomic E-state index is 0.154. The van der Waals surface area contributed by atoms with Gasteiger partial charge in [-0.3, -0.25) is 0 Å². The Morgan fingerprint density at radius 2 is 2.16 bits per heavy atom. The summed E-state index contributed by atoms with van der Waals surface area (Å²) < 4.78 is 6.02. The number of halogens is 1. The molecule has 2 heterocycles. The Kier molecular flexibility index (Phi) is 4.26. The first kappa shape index (κ1) is 14.1. The largest absolute Gasteiger partial charge is 0.478 e. The third-order valence-corrected chi connectivity index (χ3v) is 3.79. The number of carbonyl (C=O) groups is 1. The second-order valence-electron chi connectivity index (χ2n) is 3.84. The van der Waals surface area contributed by atoms with Crippen molar-refractivity contribution in [1.29, 1.82) is 0 Å². The number of hydrogen-bond donors (Lipinski definition) is 1. The van der Waals surface area contributed by atoms with Crippen LogP contribution in [-0.2, 0) is 5.75 Å². The van der Waals surface area contributed by atoms with Crippen molar-refractivity contribution >= 4 is 33.7 Å². The molecule has 2 aromatic rings. The van der Waals surface area contributed by atoms with Crippen molar-refractivity contribution in [2.75, 3.05) is 0 Å². The van der Waals surface area contributed by atoms with E-state index in [1.54, 1.807) is 19.9 Å². The molecule has 0 unspecified atom stereocenters. The second kappa shape index (κ2) is 5.75. The summed E-state index contributed by atoms with van der Waals surface area (Å²) in [6.07, 6.45) is 0. The summed E-state index contributed by atoms with van der Waals surface area (Å²) in [6.45, 7) is 3.41. The van der Waals surface area contributed by atoms with E-state index in [0.717, 1.165) is 5.76 Å². The molecule has 0 radical (unpaired) electrons. The molecule has 19 heavy (non-hydrogen) atoms. The average molecular weight is 343 g/mol. The van der Waals surface area contributed by atoms with E-state index >= 15 is 0 Å². The van der Waals surface area contributed by atoms with E-state index < -0.39 is 5.97 Å². The van der Waals surface area contributed by atoms with Crippen LogP contribution >= 0.6 is 27.7 Å². The Morgan fingerprint density at radius 3 is 2.74 bits per heavy atom. The Bertz CT molecular complexity index is 627. The molecule has 0 saturated heterocycles. The fraction of sp³-hybridized carbons (Fsp3) is 0.250. The number of thioether (sulfide) groups is 1. The Hall–Kier alpha value is -1.34. The van der Waals surface area contributed by atoms with Crippen LogP contribution in [-0.4, -0.2) is 21.0 Å². The number of aromatic carboxylic acids is 1. The third-order valence-electron chi connectivity index (χ3n) is 2.36. The summed E-state index contributed by atoms with van der Waals surface area (Å²) >= 11 is 4.55. The molecule has 1 N–H and O–H groups in total. The maximum Gasteiger partial charge on any atom is 0.340 e. The van der Waals surface area contributed by atoms with E-state index in [2.05, 4.69) is 25.9 Å². The zero-order chi connectivity index (χ0) is 14.0. The van der Waals surface area contributed by atoms with Gasteiger partial charge in [0.1, 0.15) is 22.2 Å². The van der Waals surface area contributed by atoms with E-state index in [4.69, 9.17) is 4.42 Å². The van der Waals surface area contributed by atoms with Gasteiger partial charge in [-0.15, -0.1) is 0 Å². The van der Waals surface area contributed by atoms with Crippen molar-refractivity contribution in [3.05, 3.63) is 39.6 Å². The molecule has 2 aromatic heterocycles. The van der Waals surface area contributed by atoms with Crippen molar-refractivity contribution in [3.8, 4) is 0 Å². The molecule has 100 valence electrons. The standard InChI is InChI=1S/C12H11BrN2O3S/c1-6-10(12(16)17)11(15-7(2)14-6)19-5-8-3-4-9(13)18-8/h3-4H,5H2,1-2H3,(H,16,17). The number of furan rings is 1. The summed E-state index contributed by atoms with van der Waals surface area (Å²) in [5, 5.41) is 9.68. The van der Waals surface area contributed by atoms with Crippen molar-refractivity contribution in [2.24, 2.45) is 0 Å². The fourth-order valence-electron chi connectivity index (χ4n) is 1.60. The van der Waals surface area contributed by atoms with E-state index in [-0.39, 0.29) is 5.56 Å². The van der Waals surface area contributed by atoms with Crippen molar-refractivity contribution in [2.45, 2.75) is 24.6 Å². The number of hydrogen-bond acceptors (Lipinski definition) is 5. The highest BCUT2D eigenvalue weighted by atomic mass is 79.9. The molecule has 0 amide bonds. The number of carboxylic acid groups (broad SMARTS) is 1. The predicted molar refractivity (Wildman–Crippen MR) is 74.4 cm³/mol. The zero-order valence-electron chi connectivity index (χ0n) is 10.3. The minimum Gasteiger partial charge on any atom is -0.478 e. The number of rotatable bonds is 4. The number of aromatic nitrogens is 2. The normalized spacial score (nSPS) is 10.7. The minimum atomic E-state index is -1.01. The van der Waals surface area contributed by atoms with Crippen LogP contribution in [0.1, 0.15) is 27.6 Å². The van der Waals surface area contributed by atoms with E-state index in [0.29, 0.717) is 27.0 Å².